The maximum Gasteiger partial charge on any atom is 0.323 e. The third kappa shape index (κ3) is 7.28. The molecule has 0 spiro atoms. The van der Waals surface area contributed by atoms with Gasteiger partial charge < -0.3 is 10.0 Å². The highest BCUT2D eigenvalue weighted by Gasteiger charge is 2.36. The summed E-state index contributed by atoms with van der Waals surface area (Å²) in [6, 6.07) is 0.684. The summed E-state index contributed by atoms with van der Waals surface area (Å²) in [6.45, 7) is 16.9. The highest BCUT2D eigenvalue weighted by molar-refractivity contribution is 5.78. The van der Waals surface area contributed by atoms with Crippen LogP contribution >= 0.6 is 0 Å². The Morgan fingerprint density at radius 3 is 2.10 bits per heavy atom. The summed E-state index contributed by atoms with van der Waals surface area (Å²) in [7, 11) is 0. The van der Waals surface area contributed by atoms with Gasteiger partial charge in [-0.2, -0.15) is 0 Å². The number of nitrogens with zero attached hydrogens (tertiary/aromatic N) is 1. The number of rotatable bonds is 11. The maximum absolute atomic E-state index is 11.7. The van der Waals surface area contributed by atoms with Crippen LogP contribution in [-0.2, 0) is 4.79 Å². The predicted octanol–water partition coefficient (Wildman–Crippen LogP) is 3.36. The molecule has 0 rings (SSSR count). The van der Waals surface area contributed by atoms with E-state index in [1.54, 1.807) is 0 Å². The van der Waals surface area contributed by atoms with Crippen molar-refractivity contribution in [2.24, 2.45) is 5.92 Å². The van der Waals surface area contributed by atoms with Crippen molar-refractivity contribution < 1.29 is 9.90 Å². The molecule has 0 aromatic rings. The van der Waals surface area contributed by atoms with Crippen LogP contribution < -0.4 is 5.32 Å². The average molecular weight is 300 g/mol. The minimum atomic E-state index is -0.783. The molecule has 0 aromatic heterocycles. The van der Waals surface area contributed by atoms with E-state index in [1.165, 1.54) is 0 Å². The molecule has 0 radical (unpaired) electrons. The summed E-state index contributed by atoms with van der Waals surface area (Å²) in [6.07, 6.45) is 2.20. The number of aliphatic carboxylic acids is 1. The first kappa shape index (κ1) is 20.4. The third-order valence-electron chi connectivity index (χ3n) is 3.96. The van der Waals surface area contributed by atoms with E-state index in [1.807, 2.05) is 20.8 Å². The Morgan fingerprint density at radius 1 is 1.19 bits per heavy atom. The van der Waals surface area contributed by atoms with Gasteiger partial charge in [-0.3, -0.25) is 10.1 Å². The van der Waals surface area contributed by atoms with E-state index in [2.05, 4.69) is 37.9 Å². The van der Waals surface area contributed by atoms with Crippen LogP contribution in [0.25, 0.3) is 0 Å². The van der Waals surface area contributed by atoms with Crippen LogP contribution in [0, 0.1) is 5.92 Å². The second-order valence-electron chi connectivity index (χ2n) is 7.13. The molecule has 1 unspecified atom stereocenters. The van der Waals surface area contributed by atoms with E-state index in [-0.39, 0.29) is 6.04 Å². The van der Waals surface area contributed by atoms with Gasteiger partial charge in [0.2, 0.25) is 0 Å². The molecular weight excluding hydrogens is 264 g/mol. The zero-order valence-corrected chi connectivity index (χ0v) is 15.1. The molecule has 21 heavy (non-hydrogen) atoms. The molecule has 0 amide bonds. The van der Waals surface area contributed by atoms with Crippen LogP contribution in [0.2, 0.25) is 0 Å². The molecular formula is C17H36N2O2. The van der Waals surface area contributed by atoms with Crippen molar-refractivity contribution in [3.05, 3.63) is 0 Å². The molecule has 0 aliphatic heterocycles. The summed E-state index contributed by atoms with van der Waals surface area (Å²) < 4.78 is 0. The average Bonchev–Trinajstić information content (AvgIpc) is 2.34. The van der Waals surface area contributed by atoms with Crippen LogP contribution in [0.5, 0.6) is 0 Å². The molecule has 4 heteroatoms. The summed E-state index contributed by atoms with van der Waals surface area (Å²) >= 11 is 0. The normalized spacial score (nSPS) is 15.2. The summed E-state index contributed by atoms with van der Waals surface area (Å²) in [5.41, 5.74) is -0.783. The number of carboxylic acids is 1. The van der Waals surface area contributed by atoms with Crippen molar-refractivity contribution in [3.63, 3.8) is 0 Å². The van der Waals surface area contributed by atoms with Crippen molar-refractivity contribution in [3.8, 4) is 0 Å². The topological polar surface area (TPSA) is 52.6 Å². The van der Waals surface area contributed by atoms with E-state index in [9.17, 15) is 9.90 Å². The molecule has 0 saturated carbocycles. The molecule has 2 N–H and O–H groups in total. The van der Waals surface area contributed by atoms with Gasteiger partial charge >= 0.3 is 5.97 Å². The molecule has 0 saturated heterocycles. The van der Waals surface area contributed by atoms with Crippen LogP contribution in [0.1, 0.15) is 67.7 Å². The SMILES string of the molecule is CCC(CCCN(CC(C)C)C(C)C)(NC(C)C)C(=O)O. The Kier molecular flexibility index (Phi) is 9.14. The molecule has 0 fully saturated rings. The Bertz CT molecular complexity index is 303. The summed E-state index contributed by atoms with van der Waals surface area (Å²) in [4.78, 5) is 14.1. The highest BCUT2D eigenvalue weighted by atomic mass is 16.4. The lowest BCUT2D eigenvalue weighted by Gasteiger charge is -2.34. The highest BCUT2D eigenvalue weighted by Crippen LogP contribution is 2.20. The van der Waals surface area contributed by atoms with E-state index in [0.29, 0.717) is 24.8 Å². The molecule has 0 aliphatic rings. The maximum atomic E-state index is 11.7. The lowest BCUT2D eigenvalue weighted by molar-refractivity contribution is -0.145. The van der Waals surface area contributed by atoms with Crippen LogP contribution in [-0.4, -0.2) is 46.7 Å². The number of hydrogen-bond acceptors (Lipinski definition) is 3. The second kappa shape index (κ2) is 9.42. The smallest absolute Gasteiger partial charge is 0.323 e. The fourth-order valence-corrected chi connectivity index (χ4v) is 2.84. The minimum Gasteiger partial charge on any atom is -0.480 e. The van der Waals surface area contributed by atoms with E-state index in [0.717, 1.165) is 19.5 Å². The molecule has 0 bridgehead atoms. The van der Waals surface area contributed by atoms with Gasteiger partial charge in [0, 0.05) is 18.6 Å². The number of carboxylic acid groups (broad SMARTS) is 1. The van der Waals surface area contributed by atoms with Crippen LogP contribution in [0.3, 0.4) is 0 Å². The van der Waals surface area contributed by atoms with Crippen molar-refractivity contribution in [2.75, 3.05) is 13.1 Å². The van der Waals surface area contributed by atoms with E-state index < -0.39 is 11.5 Å². The monoisotopic (exact) mass is 300 g/mol. The Hall–Kier alpha value is -0.610. The van der Waals surface area contributed by atoms with Gasteiger partial charge in [-0.05, 0) is 59.4 Å². The van der Waals surface area contributed by atoms with Crippen LogP contribution in [0.15, 0.2) is 0 Å². The first-order valence-corrected chi connectivity index (χ1v) is 8.39. The molecule has 4 nitrogen and oxygen atoms in total. The zero-order valence-electron chi connectivity index (χ0n) is 15.1. The molecule has 1 atom stereocenters. The largest absolute Gasteiger partial charge is 0.480 e. The second-order valence-corrected chi connectivity index (χ2v) is 7.13. The Balaban J connectivity index is 4.63. The standard InChI is InChI=1S/C17H36N2O2/c1-8-17(16(20)21,18-14(4)5)10-9-11-19(15(6)7)12-13(2)3/h13-15,18H,8-12H2,1-7H3,(H,20,21). The lowest BCUT2D eigenvalue weighted by Crippen LogP contribution is -2.54. The van der Waals surface area contributed by atoms with Gasteiger partial charge in [-0.15, -0.1) is 0 Å². The van der Waals surface area contributed by atoms with Gasteiger partial charge in [0.1, 0.15) is 5.54 Å². The Morgan fingerprint density at radius 2 is 1.76 bits per heavy atom. The molecule has 0 aliphatic carbocycles. The van der Waals surface area contributed by atoms with Gasteiger partial charge in [-0.1, -0.05) is 20.8 Å². The van der Waals surface area contributed by atoms with Gasteiger partial charge in [0.15, 0.2) is 0 Å². The molecule has 0 aromatic carbocycles. The number of carbonyl (C=O) groups is 1. The molecule has 0 heterocycles. The quantitative estimate of drug-likeness (QED) is 0.614. The van der Waals surface area contributed by atoms with Gasteiger partial charge in [0.25, 0.3) is 0 Å². The van der Waals surface area contributed by atoms with Crippen molar-refractivity contribution in [1.82, 2.24) is 10.2 Å². The van der Waals surface area contributed by atoms with E-state index >= 15 is 0 Å². The number of nitrogens with one attached hydrogen (secondary N) is 1. The van der Waals surface area contributed by atoms with Crippen LogP contribution in [0.4, 0.5) is 0 Å². The van der Waals surface area contributed by atoms with Crippen molar-refractivity contribution >= 4 is 5.97 Å². The van der Waals surface area contributed by atoms with Crippen molar-refractivity contribution in [2.45, 2.75) is 85.4 Å². The predicted molar refractivity (Wildman–Crippen MR) is 89.7 cm³/mol. The first-order chi connectivity index (χ1) is 9.64. The Labute approximate surface area is 131 Å². The first-order valence-electron chi connectivity index (χ1n) is 8.39. The number of hydrogen-bond donors (Lipinski definition) is 2. The van der Waals surface area contributed by atoms with Gasteiger partial charge in [-0.25, -0.2) is 0 Å². The fraction of sp³-hybridized carbons (Fsp3) is 0.941. The summed E-state index contributed by atoms with van der Waals surface area (Å²) in [5, 5.41) is 12.9. The minimum absolute atomic E-state index is 0.179. The zero-order chi connectivity index (χ0) is 16.6. The van der Waals surface area contributed by atoms with Crippen molar-refractivity contribution in [1.29, 1.82) is 0 Å². The third-order valence-corrected chi connectivity index (χ3v) is 3.96. The lowest BCUT2D eigenvalue weighted by atomic mass is 9.89. The fourth-order valence-electron chi connectivity index (χ4n) is 2.84. The summed E-state index contributed by atoms with van der Waals surface area (Å²) in [5.74, 6) is -0.0877. The van der Waals surface area contributed by atoms with E-state index in [4.69, 9.17) is 0 Å². The van der Waals surface area contributed by atoms with Gasteiger partial charge in [0.05, 0.1) is 0 Å². The molecule has 126 valence electrons.